The molecule has 0 radical (unpaired) electrons. The van der Waals surface area contributed by atoms with Crippen LogP contribution < -0.4 is 5.32 Å². The summed E-state index contributed by atoms with van der Waals surface area (Å²) >= 11 is 0. The number of benzene rings is 1. The average Bonchev–Trinajstić information content (AvgIpc) is 2.50. The topological polar surface area (TPSA) is 78.9 Å². The summed E-state index contributed by atoms with van der Waals surface area (Å²) in [7, 11) is 0. The zero-order valence-electron chi connectivity index (χ0n) is 13.4. The predicted molar refractivity (Wildman–Crippen MR) is 85.1 cm³/mol. The van der Waals surface area contributed by atoms with E-state index in [1.807, 2.05) is 25.7 Å². The fourth-order valence-electron chi connectivity index (χ4n) is 1.91. The maximum Gasteiger partial charge on any atom is 0.341 e. The maximum atomic E-state index is 11.9. The number of phenols is 1. The molecule has 0 bridgehead atoms. The van der Waals surface area contributed by atoms with E-state index in [1.165, 1.54) is 12.1 Å². The van der Waals surface area contributed by atoms with E-state index >= 15 is 0 Å². The fraction of sp³-hybridized carbons (Fsp3) is 0.500. The molecule has 1 amide bonds. The molecule has 0 saturated heterocycles. The molecule has 0 fully saturated rings. The number of nitrogens with one attached hydrogen (secondary N) is 1. The number of hydrogen-bond acceptors (Lipinski definition) is 5. The third-order valence-electron chi connectivity index (χ3n) is 3.20. The van der Waals surface area contributed by atoms with Crippen LogP contribution in [0.25, 0.3) is 0 Å². The van der Waals surface area contributed by atoms with Gasteiger partial charge in [-0.2, -0.15) is 0 Å². The minimum Gasteiger partial charge on any atom is -0.507 e. The van der Waals surface area contributed by atoms with Gasteiger partial charge < -0.3 is 15.2 Å². The lowest BCUT2D eigenvalue weighted by Crippen LogP contribution is -2.32. The molecule has 22 heavy (non-hydrogen) atoms. The lowest BCUT2D eigenvalue weighted by atomic mass is 10.2. The first-order chi connectivity index (χ1) is 10.5. The number of phenolic OH excluding ortho intramolecular Hbond substituents is 1. The highest BCUT2D eigenvalue weighted by Crippen LogP contribution is 2.22. The van der Waals surface area contributed by atoms with Gasteiger partial charge in [0, 0.05) is 11.8 Å². The van der Waals surface area contributed by atoms with Crippen molar-refractivity contribution in [3.05, 3.63) is 23.8 Å². The van der Waals surface area contributed by atoms with Crippen LogP contribution in [-0.4, -0.2) is 48.1 Å². The molecule has 0 unspecified atom stereocenters. The lowest BCUT2D eigenvalue weighted by molar-refractivity contribution is -0.117. The maximum absolute atomic E-state index is 11.9. The van der Waals surface area contributed by atoms with Gasteiger partial charge >= 0.3 is 5.97 Å². The summed E-state index contributed by atoms with van der Waals surface area (Å²) in [5.74, 6) is -0.938. The van der Waals surface area contributed by atoms with E-state index < -0.39 is 5.97 Å². The Labute approximate surface area is 131 Å². The van der Waals surface area contributed by atoms with E-state index in [0.29, 0.717) is 18.7 Å². The first-order valence-electron chi connectivity index (χ1n) is 7.54. The number of esters is 1. The number of amides is 1. The molecule has 1 aromatic rings. The molecule has 2 N–H and O–H groups in total. The summed E-state index contributed by atoms with van der Waals surface area (Å²) < 4.78 is 4.97. The quantitative estimate of drug-likeness (QED) is 0.720. The van der Waals surface area contributed by atoms with Gasteiger partial charge in [-0.3, -0.25) is 9.69 Å². The van der Waals surface area contributed by atoms with Crippen molar-refractivity contribution >= 4 is 17.6 Å². The molecular formula is C16H24N2O4. The molecule has 1 rings (SSSR count). The van der Waals surface area contributed by atoms with Crippen molar-refractivity contribution in [1.82, 2.24) is 4.90 Å². The number of nitrogens with zero attached hydrogens (tertiary/aromatic N) is 1. The van der Waals surface area contributed by atoms with Gasteiger partial charge in [0.1, 0.15) is 11.3 Å². The predicted octanol–water partition coefficient (Wildman–Crippen LogP) is 2.24. The van der Waals surface area contributed by atoms with Crippen molar-refractivity contribution in [3.8, 4) is 5.75 Å². The number of anilines is 1. The molecule has 6 nitrogen and oxygen atoms in total. The van der Waals surface area contributed by atoms with Crippen molar-refractivity contribution in [2.75, 3.05) is 31.6 Å². The Morgan fingerprint density at radius 3 is 2.45 bits per heavy atom. The lowest BCUT2D eigenvalue weighted by Gasteiger charge is -2.17. The molecule has 122 valence electrons. The van der Waals surface area contributed by atoms with Gasteiger partial charge in [0.15, 0.2) is 0 Å². The van der Waals surface area contributed by atoms with Gasteiger partial charge in [0.25, 0.3) is 0 Å². The van der Waals surface area contributed by atoms with Gasteiger partial charge in [-0.05, 0) is 31.6 Å². The van der Waals surface area contributed by atoms with Crippen LogP contribution in [0.1, 0.15) is 37.6 Å². The molecule has 0 aliphatic rings. The summed E-state index contributed by atoms with van der Waals surface area (Å²) in [5, 5.41) is 12.6. The molecule has 0 atom stereocenters. The van der Waals surface area contributed by atoms with Crippen molar-refractivity contribution in [1.29, 1.82) is 0 Å². The SMILES string of the molecule is CCCOC(=O)c1ccc(NC(=O)CN(CC)CC)cc1O. The Morgan fingerprint density at radius 1 is 1.23 bits per heavy atom. The normalized spacial score (nSPS) is 10.5. The number of aromatic hydroxyl groups is 1. The highest BCUT2D eigenvalue weighted by molar-refractivity contribution is 5.95. The standard InChI is InChI=1S/C16H24N2O4/c1-4-9-22-16(21)13-8-7-12(10-14(13)19)17-15(20)11-18(5-2)6-3/h7-8,10,19H,4-6,9,11H2,1-3H3,(H,17,20). The van der Waals surface area contributed by atoms with E-state index in [0.717, 1.165) is 13.1 Å². The van der Waals surface area contributed by atoms with Gasteiger partial charge in [-0.25, -0.2) is 4.79 Å². The second-order valence-electron chi connectivity index (χ2n) is 4.88. The second-order valence-corrected chi connectivity index (χ2v) is 4.88. The van der Waals surface area contributed by atoms with Crippen LogP contribution in [-0.2, 0) is 9.53 Å². The van der Waals surface area contributed by atoms with Crippen LogP contribution in [0.4, 0.5) is 5.69 Å². The van der Waals surface area contributed by atoms with Crippen LogP contribution in [0.5, 0.6) is 5.75 Å². The molecule has 0 spiro atoms. The van der Waals surface area contributed by atoms with Crippen LogP contribution in [0.3, 0.4) is 0 Å². The van der Waals surface area contributed by atoms with Crippen LogP contribution in [0, 0.1) is 0 Å². The zero-order valence-corrected chi connectivity index (χ0v) is 13.4. The van der Waals surface area contributed by atoms with Crippen molar-refractivity contribution in [3.63, 3.8) is 0 Å². The fourth-order valence-corrected chi connectivity index (χ4v) is 1.91. The van der Waals surface area contributed by atoms with Crippen molar-refractivity contribution < 1.29 is 19.4 Å². The Kier molecular flexibility index (Phi) is 7.39. The third kappa shape index (κ3) is 5.37. The van der Waals surface area contributed by atoms with Crippen LogP contribution in [0.2, 0.25) is 0 Å². The van der Waals surface area contributed by atoms with E-state index in [1.54, 1.807) is 6.07 Å². The van der Waals surface area contributed by atoms with E-state index in [-0.39, 0.29) is 23.8 Å². The van der Waals surface area contributed by atoms with Gasteiger partial charge in [-0.1, -0.05) is 20.8 Å². The number of rotatable bonds is 8. The molecule has 0 aromatic heterocycles. The third-order valence-corrected chi connectivity index (χ3v) is 3.20. The summed E-state index contributed by atoms with van der Waals surface area (Å²) in [5.41, 5.74) is 0.539. The number of carbonyl (C=O) groups is 2. The summed E-state index contributed by atoms with van der Waals surface area (Å²) in [6.07, 6.45) is 0.714. The van der Waals surface area contributed by atoms with E-state index in [4.69, 9.17) is 4.74 Å². The number of carbonyl (C=O) groups excluding carboxylic acids is 2. The molecule has 0 heterocycles. The van der Waals surface area contributed by atoms with Crippen molar-refractivity contribution in [2.45, 2.75) is 27.2 Å². The number of hydrogen-bond donors (Lipinski definition) is 2. The minimum absolute atomic E-state index is 0.0928. The first kappa shape index (κ1) is 18.0. The van der Waals surface area contributed by atoms with Crippen LogP contribution in [0.15, 0.2) is 18.2 Å². The largest absolute Gasteiger partial charge is 0.507 e. The molecule has 0 saturated carbocycles. The Balaban J connectivity index is 2.69. The Morgan fingerprint density at radius 2 is 1.91 bits per heavy atom. The van der Waals surface area contributed by atoms with Gasteiger partial charge in [-0.15, -0.1) is 0 Å². The molecule has 0 aliphatic heterocycles. The second kappa shape index (κ2) is 9.04. The average molecular weight is 308 g/mol. The van der Waals surface area contributed by atoms with Crippen molar-refractivity contribution in [2.24, 2.45) is 0 Å². The Bertz CT molecular complexity index is 513. The first-order valence-corrected chi connectivity index (χ1v) is 7.54. The van der Waals surface area contributed by atoms with Crippen LogP contribution >= 0.6 is 0 Å². The number of likely N-dealkylation sites (N-methyl/N-ethyl adjacent to an activating group) is 1. The smallest absolute Gasteiger partial charge is 0.341 e. The highest BCUT2D eigenvalue weighted by Gasteiger charge is 2.14. The zero-order chi connectivity index (χ0) is 16.5. The number of ether oxygens (including phenoxy) is 1. The summed E-state index contributed by atoms with van der Waals surface area (Å²) in [4.78, 5) is 25.6. The Hall–Kier alpha value is -2.08. The summed E-state index contributed by atoms with van der Waals surface area (Å²) in [6, 6.07) is 4.37. The monoisotopic (exact) mass is 308 g/mol. The molecule has 0 aliphatic carbocycles. The minimum atomic E-state index is -0.569. The van der Waals surface area contributed by atoms with Gasteiger partial charge in [0.2, 0.25) is 5.91 Å². The summed E-state index contributed by atoms with van der Waals surface area (Å²) in [6.45, 7) is 8.03. The van der Waals surface area contributed by atoms with E-state index in [9.17, 15) is 14.7 Å². The molecule has 1 aromatic carbocycles. The molecule has 6 heteroatoms. The van der Waals surface area contributed by atoms with E-state index in [2.05, 4.69) is 5.32 Å². The molecular weight excluding hydrogens is 284 g/mol. The van der Waals surface area contributed by atoms with Gasteiger partial charge in [0.05, 0.1) is 13.2 Å². The highest BCUT2D eigenvalue weighted by atomic mass is 16.5.